The van der Waals surface area contributed by atoms with Crippen molar-refractivity contribution in [2.45, 2.75) is 26.5 Å². The second-order valence-corrected chi connectivity index (χ2v) is 3.80. The number of thiophene rings is 1. The number of nitrogens with one attached hydrogen (secondary N) is 1. The van der Waals surface area contributed by atoms with Crippen LogP contribution in [0.4, 0.5) is 0 Å². The Hall–Kier alpha value is -0.380. The Morgan fingerprint density at radius 1 is 1.58 bits per heavy atom. The van der Waals surface area contributed by atoms with E-state index in [1.54, 1.807) is 18.3 Å². The lowest BCUT2D eigenvalue weighted by atomic mass is 10.2. The van der Waals surface area contributed by atoms with Crippen LogP contribution in [0.25, 0.3) is 0 Å². The third kappa shape index (κ3) is 2.93. The molecule has 2 nitrogen and oxygen atoms in total. The molecule has 0 amide bonds. The van der Waals surface area contributed by atoms with E-state index in [4.69, 9.17) is 5.11 Å². The normalized spacial score (nSPS) is 13.2. The number of aliphatic hydroxyl groups is 1. The topological polar surface area (TPSA) is 32.3 Å². The van der Waals surface area contributed by atoms with Crippen molar-refractivity contribution in [3.05, 3.63) is 21.9 Å². The molecule has 2 N–H and O–H groups in total. The summed E-state index contributed by atoms with van der Waals surface area (Å²) >= 11 is 1.72. The molecule has 0 spiro atoms. The third-order valence-corrected chi connectivity index (χ3v) is 2.63. The molecule has 1 atom stereocenters. The Morgan fingerprint density at radius 2 is 2.33 bits per heavy atom. The van der Waals surface area contributed by atoms with Crippen molar-refractivity contribution in [2.75, 3.05) is 6.54 Å². The molecule has 1 rings (SSSR count). The maximum atomic E-state index is 8.99. The molecule has 0 aliphatic heterocycles. The number of aliphatic hydroxyl groups excluding tert-OH is 1. The number of aryl methyl sites for hydroxylation is 1. The molecule has 0 fully saturated rings. The van der Waals surface area contributed by atoms with Crippen LogP contribution in [0.2, 0.25) is 0 Å². The zero-order chi connectivity index (χ0) is 8.97. The summed E-state index contributed by atoms with van der Waals surface area (Å²) in [6, 6.07) is 0. The molecule has 12 heavy (non-hydrogen) atoms. The van der Waals surface area contributed by atoms with Gasteiger partial charge >= 0.3 is 0 Å². The third-order valence-electron chi connectivity index (χ3n) is 1.72. The van der Waals surface area contributed by atoms with E-state index in [1.807, 2.05) is 0 Å². The van der Waals surface area contributed by atoms with Gasteiger partial charge < -0.3 is 10.4 Å². The first-order chi connectivity index (χ1) is 5.70. The molecule has 0 aromatic carbocycles. The van der Waals surface area contributed by atoms with Crippen LogP contribution < -0.4 is 5.32 Å². The molecule has 0 unspecified atom stereocenters. The zero-order valence-corrected chi connectivity index (χ0v) is 8.32. The fourth-order valence-corrected chi connectivity index (χ4v) is 1.84. The summed E-state index contributed by atoms with van der Waals surface area (Å²) in [7, 11) is 0. The van der Waals surface area contributed by atoms with Crippen LogP contribution >= 0.6 is 11.3 Å². The molecule has 0 aliphatic carbocycles. The van der Waals surface area contributed by atoms with Gasteiger partial charge in [-0.15, -0.1) is 0 Å². The Bertz CT molecular complexity index is 232. The van der Waals surface area contributed by atoms with Gasteiger partial charge in [0.2, 0.25) is 0 Å². The van der Waals surface area contributed by atoms with Gasteiger partial charge in [0.15, 0.2) is 0 Å². The van der Waals surface area contributed by atoms with Gasteiger partial charge in [-0.25, -0.2) is 0 Å². The average Bonchev–Trinajstić information content (AvgIpc) is 2.36. The van der Waals surface area contributed by atoms with Crippen molar-refractivity contribution in [1.82, 2.24) is 5.32 Å². The van der Waals surface area contributed by atoms with Crippen LogP contribution in [0.1, 0.15) is 18.1 Å². The Balaban J connectivity index is 2.29. The maximum absolute atomic E-state index is 8.99. The van der Waals surface area contributed by atoms with Crippen LogP contribution in [0.15, 0.2) is 10.8 Å². The van der Waals surface area contributed by atoms with Gasteiger partial charge in [0.1, 0.15) is 0 Å². The molecule has 1 aromatic rings. The molecule has 68 valence electrons. The lowest BCUT2D eigenvalue weighted by Gasteiger charge is -2.05. The molecule has 1 aromatic heterocycles. The number of hydrogen-bond acceptors (Lipinski definition) is 3. The lowest BCUT2D eigenvalue weighted by Crippen LogP contribution is -2.23. The number of rotatable bonds is 4. The van der Waals surface area contributed by atoms with E-state index in [1.165, 1.54) is 11.1 Å². The highest BCUT2D eigenvalue weighted by atomic mass is 32.1. The molecule has 0 saturated carbocycles. The van der Waals surface area contributed by atoms with Crippen LogP contribution in [0.5, 0.6) is 0 Å². The summed E-state index contributed by atoms with van der Waals surface area (Å²) in [5, 5.41) is 16.5. The van der Waals surface area contributed by atoms with Crippen LogP contribution in [0.3, 0.4) is 0 Å². The van der Waals surface area contributed by atoms with Crippen molar-refractivity contribution in [3.63, 3.8) is 0 Å². The van der Waals surface area contributed by atoms with Gasteiger partial charge in [-0.3, -0.25) is 0 Å². The summed E-state index contributed by atoms with van der Waals surface area (Å²) in [5.74, 6) is 0. The van der Waals surface area contributed by atoms with Crippen LogP contribution in [-0.4, -0.2) is 17.8 Å². The van der Waals surface area contributed by atoms with Gasteiger partial charge in [0, 0.05) is 13.1 Å². The van der Waals surface area contributed by atoms with Gasteiger partial charge in [-0.1, -0.05) is 0 Å². The van der Waals surface area contributed by atoms with Gasteiger partial charge in [-0.2, -0.15) is 11.3 Å². The molecule has 0 radical (unpaired) electrons. The van der Waals surface area contributed by atoms with E-state index < -0.39 is 0 Å². The van der Waals surface area contributed by atoms with Crippen LogP contribution in [0, 0.1) is 6.92 Å². The van der Waals surface area contributed by atoms with Crippen molar-refractivity contribution in [1.29, 1.82) is 0 Å². The highest BCUT2D eigenvalue weighted by molar-refractivity contribution is 7.08. The van der Waals surface area contributed by atoms with Crippen molar-refractivity contribution in [3.8, 4) is 0 Å². The van der Waals surface area contributed by atoms with E-state index in [2.05, 4.69) is 23.0 Å². The molecule has 0 saturated heterocycles. The summed E-state index contributed by atoms with van der Waals surface area (Å²) in [6.45, 7) is 5.42. The summed E-state index contributed by atoms with van der Waals surface area (Å²) in [4.78, 5) is 0. The van der Waals surface area contributed by atoms with Crippen molar-refractivity contribution >= 4 is 11.3 Å². The van der Waals surface area contributed by atoms with Crippen LogP contribution in [-0.2, 0) is 6.54 Å². The lowest BCUT2D eigenvalue weighted by molar-refractivity contribution is 0.191. The number of hydrogen-bond donors (Lipinski definition) is 2. The quantitative estimate of drug-likeness (QED) is 0.745. The first-order valence-corrected chi connectivity index (χ1v) is 5.05. The van der Waals surface area contributed by atoms with E-state index in [0.29, 0.717) is 6.54 Å². The van der Waals surface area contributed by atoms with Gasteiger partial charge in [-0.05, 0) is 35.7 Å². The van der Waals surface area contributed by atoms with Crippen molar-refractivity contribution in [2.24, 2.45) is 0 Å². The summed E-state index contributed by atoms with van der Waals surface area (Å²) in [6.07, 6.45) is -0.260. The molecule has 1 heterocycles. The molecule has 0 aliphatic rings. The smallest absolute Gasteiger partial charge is 0.0636 e. The molecular formula is C9H15NOS. The van der Waals surface area contributed by atoms with E-state index in [-0.39, 0.29) is 6.10 Å². The minimum Gasteiger partial charge on any atom is -0.392 e. The Morgan fingerprint density at radius 3 is 2.83 bits per heavy atom. The fourth-order valence-electron chi connectivity index (χ4n) is 0.984. The highest BCUT2D eigenvalue weighted by Crippen LogP contribution is 2.12. The molecule has 3 heteroatoms. The summed E-state index contributed by atoms with van der Waals surface area (Å²) < 4.78 is 0. The Kier molecular flexibility index (Phi) is 3.72. The predicted octanol–water partition coefficient (Wildman–Crippen LogP) is 1.53. The Labute approximate surface area is 77.2 Å². The predicted molar refractivity (Wildman–Crippen MR) is 52.4 cm³/mol. The van der Waals surface area contributed by atoms with E-state index in [0.717, 1.165) is 6.54 Å². The molecular weight excluding hydrogens is 170 g/mol. The van der Waals surface area contributed by atoms with Gasteiger partial charge in [0.25, 0.3) is 0 Å². The largest absolute Gasteiger partial charge is 0.392 e. The second kappa shape index (κ2) is 4.60. The minimum absolute atomic E-state index is 0.260. The second-order valence-electron chi connectivity index (χ2n) is 3.06. The van der Waals surface area contributed by atoms with Gasteiger partial charge in [0.05, 0.1) is 6.10 Å². The maximum Gasteiger partial charge on any atom is 0.0636 e. The monoisotopic (exact) mass is 185 g/mol. The molecule has 0 bridgehead atoms. The standard InChI is InChI=1S/C9H15NOS/c1-7-5-12-6-9(7)4-10-3-8(2)11/h5-6,8,10-11H,3-4H2,1-2H3/t8-/m0/s1. The fraction of sp³-hybridized carbons (Fsp3) is 0.556. The minimum atomic E-state index is -0.260. The average molecular weight is 185 g/mol. The first kappa shape index (κ1) is 9.71. The SMILES string of the molecule is Cc1cscc1CNC[C@H](C)O. The first-order valence-electron chi connectivity index (χ1n) is 4.10. The zero-order valence-electron chi connectivity index (χ0n) is 7.50. The highest BCUT2D eigenvalue weighted by Gasteiger charge is 1.99. The van der Waals surface area contributed by atoms with E-state index in [9.17, 15) is 0 Å². The van der Waals surface area contributed by atoms with E-state index >= 15 is 0 Å². The summed E-state index contributed by atoms with van der Waals surface area (Å²) in [5.41, 5.74) is 2.67. The van der Waals surface area contributed by atoms with Crippen molar-refractivity contribution < 1.29 is 5.11 Å².